The summed E-state index contributed by atoms with van der Waals surface area (Å²) in [6.45, 7) is 11.3. The maximum atomic E-state index is 11.6. The third kappa shape index (κ3) is 4.51. The molecule has 0 radical (unpaired) electrons. The molecule has 8 nitrogen and oxygen atoms in total. The van der Waals surface area contributed by atoms with Gasteiger partial charge in [0.1, 0.15) is 6.33 Å². The Balaban J connectivity index is 2.17. The van der Waals surface area contributed by atoms with Gasteiger partial charge in [-0.3, -0.25) is 10.1 Å². The second-order valence-electron chi connectivity index (χ2n) is 6.18. The number of piperazine rings is 1. The number of anilines is 2. The van der Waals surface area contributed by atoms with Gasteiger partial charge in [-0.2, -0.15) is 0 Å². The average molecular weight is 322 g/mol. The molecule has 0 aromatic carbocycles. The lowest BCUT2D eigenvalue weighted by Gasteiger charge is -2.34. The van der Waals surface area contributed by atoms with E-state index in [9.17, 15) is 10.1 Å². The molecule has 1 N–H and O–H groups in total. The lowest BCUT2D eigenvalue weighted by molar-refractivity contribution is -0.383. The van der Waals surface area contributed by atoms with Gasteiger partial charge < -0.3 is 15.1 Å². The van der Waals surface area contributed by atoms with Gasteiger partial charge >= 0.3 is 5.69 Å². The van der Waals surface area contributed by atoms with Crippen LogP contribution >= 0.6 is 0 Å². The monoisotopic (exact) mass is 322 g/mol. The second-order valence-corrected chi connectivity index (χ2v) is 6.18. The van der Waals surface area contributed by atoms with Crippen LogP contribution in [-0.2, 0) is 0 Å². The summed E-state index contributed by atoms with van der Waals surface area (Å²) in [7, 11) is 0. The van der Waals surface area contributed by atoms with Crippen LogP contribution in [0, 0.1) is 16.0 Å². The van der Waals surface area contributed by atoms with Crippen LogP contribution in [0.15, 0.2) is 6.33 Å². The van der Waals surface area contributed by atoms with Crippen molar-refractivity contribution >= 4 is 17.3 Å². The maximum absolute atomic E-state index is 11.6. The highest BCUT2D eigenvalue weighted by molar-refractivity contribution is 5.70. The molecule has 8 heteroatoms. The van der Waals surface area contributed by atoms with Gasteiger partial charge in [-0.05, 0) is 18.9 Å². The fourth-order valence-electron chi connectivity index (χ4n) is 2.65. The highest BCUT2D eigenvalue weighted by atomic mass is 16.6. The van der Waals surface area contributed by atoms with Crippen molar-refractivity contribution in [2.24, 2.45) is 5.92 Å². The number of rotatable bonds is 7. The van der Waals surface area contributed by atoms with Gasteiger partial charge in [-0.15, -0.1) is 0 Å². The first-order valence-corrected chi connectivity index (χ1v) is 8.23. The van der Waals surface area contributed by atoms with Gasteiger partial charge in [0.15, 0.2) is 0 Å². The Morgan fingerprint density at radius 3 is 2.57 bits per heavy atom. The first-order valence-electron chi connectivity index (χ1n) is 8.23. The summed E-state index contributed by atoms with van der Waals surface area (Å²) in [5.74, 6) is 1.27. The number of likely N-dealkylation sites (N-methyl/N-ethyl adjacent to an activating group) is 1. The molecular weight excluding hydrogens is 296 g/mol. The molecule has 0 saturated carbocycles. The summed E-state index contributed by atoms with van der Waals surface area (Å²) in [5, 5.41) is 14.6. The van der Waals surface area contributed by atoms with Crippen molar-refractivity contribution in [2.75, 3.05) is 49.5 Å². The molecule has 0 amide bonds. The Bertz CT molecular complexity index is 529. The molecule has 1 aliphatic heterocycles. The fourth-order valence-corrected chi connectivity index (χ4v) is 2.65. The van der Waals surface area contributed by atoms with Gasteiger partial charge in [-0.25, -0.2) is 9.97 Å². The minimum absolute atomic E-state index is 0.0128. The lowest BCUT2D eigenvalue weighted by Crippen LogP contribution is -2.46. The standard InChI is InChI=1S/C15H26N6O2/c1-4-19-7-9-20(10-8-19)15-13(21(22)23)14(17-11-18-15)16-6-5-12(2)3/h11-12H,4-10H2,1-3H3,(H,16,17,18). The number of nitro groups is 1. The number of nitrogens with one attached hydrogen (secondary N) is 1. The van der Waals surface area contributed by atoms with Crippen LogP contribution < -0.4 is 10.2 Å². The normalized spacial score (nSPS) is 15.9. The van der Waals surface area contributed by atoms with Gasteiger partial charge in [-0.1, -0.05) is 20.8 Å². The summed E-state index contributed by atoms with van der Waals surface area (Å²) in [4.78, 5) is 23.8. The number of aromatic nitrogens is 2. The molecule has 0 bridgehead atoms. The third-order valence-corrected chi connectivity index (χ3v) is 4.12. The predicted molar refractivity (Wildman–Crippen MR) is 91.0 cm³/mol. The van der Waals surface area contributed by atoms with Gasteiger partial charge in [0.25, 0.3) is 0 Å². The summed E-state index contributed by atoms with van der Waals surface area (Å²) in [6, 6.07) is 0. The summed E-state index contributed by atoms with van der Waals surface area (Å²) in [5.41, 5.74) is -0.0128. The zero-order valence-electron chi connectivity index (χ0n) is 14.2. The average Bonchev–Trinajstić information content (AvgIpc) is 2.54. The highest BCUT2D eigenvalue weighted by Gasteiger charge is 2.28. The van der Waals surface area contributed by atoms with Crippen LogP contribution in [-0.4, -0.2) is 59.1 Å². The van der Waals surface area contributed by atoms with Gasteiger partial charge in [0.05, 0.1) is 4.92 Å². The minimum Gasteiger partial charge on any atom is -0.364 e. The minimum atomic E-state index is -0.376. The Morgan fingerprint density at radius 2 is 2.00 bits per heavy atom. The summed E-state index contributed by atoms with van der Waals surface area (Å²) >= 11 is 0. The smallest absolute Gasteiger partial charge is 0.353 e. The molecule has 23 heavy (non-hydrogen) atoms. The van der Waals surface area contributed by atoms with E-state index < -0.39 is 0 Å². The van der Waals surface area contributed by atoms with E-state index in [1.807, 2.05) is 4.90 Å². The number of hydrogen-bond donors (Lipinski definition) is 1. The van der Waals surface area contributed by atoms with Crippen LogP contribution in [0.2, 0.25) is 0 Å². The first-order chi connectivity index (χ1) is 11.0. The van der Waals surface area contributed by atoms with E-state index in [1.54, 1.807) is 0 Å². The van der Waals surface area contributed by atoms with Crippen molar-refractivity contribution < 1.29 is 4.92 Å². The van der Waals surface area contributed by atoms with E-state index in [-0.39, 0.29) is 10.6 Å². The Kier molecular flexibility index (Phi) is 6.09. The van der Waals surface area contributed by atoms with E-state index in [0.717, 1.165) is 39.1 Å². The number of nitrogens with zero attached hydrogens (tertiary/aromatic N) is 5. The maximum Gasteiger partial charge on any atom is 0.353 e. The zero-order valence-corrected chi connectivity index (χ0v) is 14.2. The Labute approximate surface area is 137 Å². The second kappa shape index (κ2) is 8.05. The van der Waals surface area contributed by atoms with E-state index in [1.165, 1.54) is 6.33 Å². The van der Waals surface area contributed by atoms with Crippen molar-refractivity contribution in [2.45, 2.75) is 27.2 Å². The molecule has 0 atom stereocenters. The Hall–Kier alpha value is -1.96. The van der Waals surface area contributed by atoms with Crippen LogP contribution in [0.3, 0.4) is 0 Å². The molecule has 128 valence electrons. The molecule has 1 fully saturated rings. The quantitative estimate of drug-likeness (QED) is 0.606. The molecule has 0 spiro atoms. The van der Waals surface area contributed by atoms with Gasteiger partial charge in [0.2, 0.25) is 11.6 Å². The van der Waals surface area contributed by atoms with Crippen molar-refractivity contribution in [3.63, 3.8) is 0 Å². The lowest BCUT2D eigenvalue weighted by atomic mass is 10.1. The Morgan fingerprint density at radius 1 is 1.30 bits per heavy atom. The summed E-state index contributed by atoms with van der Waals surface area (Å²) in [6.07, 6.45) is 2.35. The fraction of sp³-hybridized carbons (Fsp3) is 0.733. The van der Waals surface area contributed by atoms with Crippen LogP contribution in [0.1, 0.15) is 27.2 Å². The summed E-state index contributed by atoms with van der Waals surface area (Å²) < 4.78 is 0. The molecule has 2 heterocycles. The SMILES string of the molecule is CCN1CCN(c2ncnc(NCCC(C)C)c2[N+](=O)[O-])CC1. The van der Waals surface area contributed by atoms with Crippen molar-refractivity contribution in [1.82, 2.24) is 14.9 Å². The molecule has 1 aromatic heterocycles. The molecule has 1 saturated heterocycles. The first kappa shape index (κ1) is 17.4. The van der Waals surface area contributed by atoms with E-state index in [0.29, 0.717) is 24.1 Å². The highest BCUT2D eigenvalue weighted by Crippen LogP contribution is 2.32. The molecule has 1 aromatic rings. The van der Waals surface area contributed by atoms with E-state index in [4.69, 9.17) is 0 Å². The van der Waals surface area contributed by atoms with Crippen LogP contribution in [0.25, 0.3) is 0 Å². The third-order valence-electron chi connectivity index (χ3n) is 4.12. The number of hydrogen-bond acceptors (Lipinski definition) is 7. The predicted octanol–water partition coefficient (Wildman–Crippen LogP) is 1.98. The van der Waals surface area contributed by atoms with E-state index >= 15 is 0 Å². The van der Waals surface area contributed by atoms with Crippen molar-refractivity contribution in [1.29, 1.82) is 0 Å². The molecule has 2 rings (SSSR count). The molecule has 1 aliphatic rings. The molecule has 0 unspecified atom stereocenters. The van der Waals surface area contributed by atoms with Crippen molar-refractivity contribution in [3.8, 4) is 0 Å². The largest absolute Gasteiger partial charge is 0.364 e. The topological polar surface area (TPSA) is 87.4 Å². The van der Waals surface area contributed by atoms with Crippen molar-refractivity contribution in [3.05, 3.63) is 16.4 Å². The van der Waals surface area contributed by atoms with Crippen LogP contribution in [0.5, 0.6) is 0 Å². The molecular formula is C15H26N6O2. The van der Waals surface area contributed by atoms with E-state index in [2.05, 4.69) is 41.0 Å². The van der Waals surface area contributed by atoms with Gasteiger partial charge in [0, 0.05) is 32.7 Å². The van der Waals surface area contributed by atoms with Crippen LogP contribution in [0.4, 0.5) is 17.3 Å². The zero-order chi connectivity index (χ0) is 16.8. The molecule has 0 aliphatic carbocycles.